The van der Waals surface area contributed by atoms with Crippen LogP contribution in [-0.4, -0.2) is 25.8 Å². The van der Waals surface area contributed by atoms with Crippen LogP contribution in [0.2, 0.25) is 0 Å². The summed E-state index contributed by atoms with van der Waals surface area (Å²) >= 11 is 0. The van der Waals surface area contributed by atoms with Gasteiger partial charge in [0.05, 0.1) is 12.6 Å². The Labute approximate surface area is 113 Å². The highest BCUT2D eigenvalue weighted by molar-refractivity contribution is 5.20. The van der Waals surface area contributed by atoms with E-state index in [0.717, 1.165) is 6.42 Å². The standard InChI is InChI=1S/C15H21F2NO/c1-14(2)12(9-13(14)19-3)18-10-15(16,17)11-7-5-4-6-8-11/h4-8,12-13,18H,9-10H2,1-3H3. The van der Waals surface area contributed by atoms with Crippen LogP contribution in [0.4, 0.5) is 8.78 Å². The summed E-state index contributed by atoms with van der Waals surface area (Å²) in [5, 5.41) is 2.98. The molecule has 19 heavy (non-hydrogen) atoms. The molecule has 2 nitrogen and oxygen atoms in total. The number of benzene rings is 1. The van der Waals surface area contributed by atoms with Gasteiger partial charge in [-0.25, -0.2) is 0 Å². The van der Waals surface area contributed by atoms with Gasteiger partial charge in [0, 0.05) is 24.1 Å². The average molecular weight is 269 g/mol. The quantitative estimate of drug-likeness (QED) is 0.886. The van der Waals surface area contributed by atoms with Crippen molar-refractivity contribution in [2.75, 3.05) is 13.7 Å². The Morgan fingerprint density at radius 1 is 1.32 bits per heavy atom. The lowest BCUT2D eigenvalue weighted by atomic mass is 9.64. The molecule has 0 aliphatic heterocycles. The molecule has 0 aromatic heterocycles. The molecule has 2 atom stereocenters. The molecule has 1 fully saturated rings. The van der Waals surface area contributed by atoms with E-state index in [-0.39, 0.29) is 29.7 Å². The van der Waals surface area contributed by atoms with Crippen LogP contribution in [0.25, 0.3) is 0 Å². The predicted octanol–water partition coefficient (Wildman–Crippen LogP) is 3.18. The SMILES string of the molecule is COC1CC(NCC(F)(F)c2ccccc2)C1(C)C. The fourth-order valence-electron chi connectivity index (χ4n) is 2.67. The predicted molar refractivity (Wildman–Crippen MR) is 71.3 cm³/mol. The van der Waals surface area contributed by atoms with Crippen LogP contribution in [0.15, 0.2) is 30.3 Å². The van der Waals surface area contributed by atoms with Gasteiger partial charge in [-0.1, -0.05) is 44.2 Å². The van der Waals surface area contributed by atoms with Crippen molar-refractivity contribution in [3.05, 3.63) is 35.9 Å². The fraction of sp³-hybridized carbons (Fsp3) is 0.600. The number of nitrogens with one attached hydrogen (secondary N) is 1. The second-order valence-electron chi connectivity index (χ2n) is 5.79. The van der Waals surface area contributed by atoms with Gasteiger partial charge in [-0.15, -0.1) is 0 Å². The van der Waals surface area contributed by atoms with Crippen LogP contribution in [0.5, 0.6) is 0 Å². The first-order chi connectivity index (χ1) is 8.88. The molecule has 106 valence electrons. The van der Waals surface area contributed by atoms with Crippen molar-refractivity contribution in [3.8, 4) is 0 Å². The average Bonchev–Trinajstić information content (AvgIpc) is 2.38. The van der Waals surface area contributed by atoms with Gasteiger partial charge in [-0.3, -0.25) is 0 Å². The van der Waals surface area contributed by atoms with E-state index in [1.165, 1.54) is 12.1 Å². The highest BCUT2D eigenvalue weighted by Gasteiger charge is 2.49. The van der Waals surface area contributed by atoms with Gasteiger partial charge in [0.25, 0.3) is 5.92 Å². The molecule has 2 unspecified atom stereocenters. The van der Waals surface area contributed by atoms with Crippen LogP contribution in [0, 0.1) is 5.41 Å². The summed E-state index contributed by atoms with van der Waals surface area (Å²) in [6, 6.07) is 8.02. The molecule has 0 heterocycles. The fourth-order valence-corrected chi connectivity index (χ4v) is 2.67. The zero-order valence-electron chi connectivity index (χ0n) is 11.6. The van der Waals surface area contributed by atoms with Crippen LogP contribution >= 0.6 is 0 Å². The molecule has 0 spiro atoms. The van der Waals surface area contributed by atoms with E-state index < -0.39 is 5.92 Å². The van der Waals surface area contributed by atoms with E-state index in [2.05, 4.69) is 5.32 Å². The molecular weight excluding hydrogens is 248 g/mol. The molecule has 0 saturated heterocycles. The van der Waals surface area contributed by atoms with Gasteiger partial charge >= 0.3 is 0 Å². The zero-order valence-corrected chi connectivity index (χ0v) is 11.6. The number of rotatable bonds is 5. The van der Waals surface area contributed by atoms with E-state index >= 15 is 0 Å². The summed E-state index contributed by atoms with van der Waals surface area (Å²) in [5.74, 6) is -2.84. The van der Waals surface area contributed by atoms with Crippen molar-refractivity contribution in [1.82, 2.24) is 5.32 Å². The lowest BCUT2D eigenvalue weighted by Crippen LogP contribution is -2.61. The van der Waals surface area contributed by atoms with Gasteiger partial charge in [-0.05, 0) is 6.42 Å². The topological polar surface area (TPSA) is 21.3 Å². The maximum absolute atomic E-state index is 14.0. The third-order valence-corrected chi connectivity index (χ3v) is 4.23. The molecule has 0 bridgehead atoms. The van der Waals surface area contributed by atoms with Crippen LogP contribution in [0.3, 0.4) is 0 Å². The number of hydrogen-bond donors (Lipinski definition) is 1. The second-order valence-corrected chi connectivity index (χ2v) is 5.79. The Morgan fingerprint density at radius 3 is 2.47 bits per heavy atom. The Hall–Kier alpha value is -1.00. The molecule has 1 saturated carbocycles. The van der Waals surface area contributed by atoms with E-state index in [1.807, 2.05) is 13.8 Å². The summed E-state index contributed by atoms with van der Waals surface area (Å²) in [6.07, 6.45) is 0.935. The molecule has 1 aromatic carbocycles. The first kappa shape index (κ1) is 14.4. The van der Waals surface area contributed by atoms with Gasteiger partial charge in [0.2, 0.25) is 0 Å². The number of ether oxygens (including phenoxy) is 1. The van der Waals surface area contributed by atoms with E-state index in [0.29, 0.717) is 0 Å². The number of halogens is 2. The largest absolute Gasteiger partial charge is 0.381 e. The lowest BCUT2D eigenvalue weighted by Gasteiger charge is -2.51. The van der Waals surface area contributed by atoms with Gasteiger partial charge in [0.1, 0.15) is 0 Å². The van der Waals surface area contributed by atoms with Crippen molar-refractivity contribution in [3.63, 3.8) is 0 Å². The summed E-state index contributed by atoms with van der Waals surface area (Å²) in [4.78, 5) is 0. The summed E-state index contributed by atoms with van der Waals surface area (Å²) < 4.78 is 33.3. The highest BCUT2D eigenvalue weighted by Crippen LogP contribution is 2.42. The van der Waals surface area contributed by atoms with Gasteiger partial charge < -0.3 is 10.1 Å². The molecule has 0 radical (unpaired) electrons. The third-order valence-electron chi connectivity index (χ3n) is 4.23. The van der Waals surface area contributed by atoms with E-state index in [1.54, 1.807) is 25.3 Å². The minimum Gasteiger partial charge on any atom is -0.381 e. The molecule has 0 amide bonds. The Balaban J connectivity index is 1.93. The first-order valence-corrected chi connectivity index (χ1v) is 6.57. The maximum Gasteiger partial charge on any atom is 0.285 e. The Morgan fingerprint density at radius 2 is 1.95 bits per heavy atom. The zero-order chi connectivity index (χ0) is 14.1. The normalized spacial score (nSPS) is 25.9. The minimum atomic E-state index is -2.84. The van der Waals surface area contributed by atoms with Crippen molar-refractivity contribution >= 4 is 0 Å². The van der Waals surface area contributed by atoms with E-state index in [4.69, 9.17) is 4.74 Å². The first-order valence-electron chi connectivity index (χ1n) is 6.57. The van der Waals surface area contributed by atoms with Crippen molar-refractivity contribution in [2.24, 2.45) is 5.41 Å². The molecule has 2 rings (SSSR count). The van der Waals surface area contributed by atoms with E-state index in [9.17, 15) is 8.78 Å². The molecule has 4 heteroatoms. The van der Waals surface area contributed by atoms with Crippen LogP contribution < -0.4 is 5.32 Å². The number of hydrogen-bond acceptors (Lipinski definition) is 2. The lowest BCUT2D eigenvalue weighted by molar-refractivity contribution is -0.106. The highest BCUT2D eigenvalue weighted by atomic mass is 19.3. The molecule has 1 aromatic rings. The van der Waals surface area contributed by atoms with Crippen molar-refractivity contribution in [2.45, 2.75) is 38.3 Å². The monoisotopic (exact) mass is 269 g/mol. The molecule has 1 aliphatic rings. The molecule has 1 aliphatic carbocycles. The summed E-state index contributed by atoms with van der Waals surface area (Å²) in [6.45, 7) is 3.76. The van der Waals surface area contributed by atoms with Crippen LogP contribution in [0.1, 0.15) is 25.8 Å². The Bertz CT molecular complexity index is 419. The smallest absolute Gasteiger partial charge is 0.285 e. The van der Waals surface area contributed by atoms with Gasteiger partial charge in [-0.2, -0.15) is 8.78 Å². The molecule has 1 N–H and O–H groups in total. The Kier molecular flexibility index (Phi) is 3.92. The minimum absolute atomic E-state index is 0.0583. The van der Waals surface area contributed by atoms with Crippen molar-refractivity contribution in [1.29, 1.82) is 0 Å². The summed E-state index contributed by atoms with van der Waals surface area (Å²) in [7, 11) is 1.67. The second kappa shape index (κ2) is 5.17. The number of alkyl halides is 2. The molecular formula is C15H21F2NO. The summed E-state index contributed by atoms with van der Waals surface area (Å²) in [5.41, 5.74) is -0.0375. The van der Waals surface area contributed by atoms with Crippen LogP contribution in [-0.2, 0) is 10.7 Å². The van der Waals surface area contributed by atoms with Gasteiger partial charge in [0.15, 0.2) is 0 Å². The third kappa shape index (κ3) is 2.79. The maximum atomic E-state index is 14.0. The number of methoxy groups -OCH3 is 1. The van der Waals surface area contributed by atoms with Crippen molar-refractivity contribution < 1.29 is 13.5 Å².